The van der Waals surface area contributed by atoms with Crippen LogP contribution in [0.25, 0.3) is 22.0 Å². The second-order valence-corrected chi connectivity index (χ2v) is 7.52. The van der Waals surface area contributed by atoms with Crippen molar-refractivity contribution in [1.82, 2.24) is 15.2 Å². The minimum atomic E-state index is -0.217. The first-order valence-electron chi connectivity index (χ1n) is 10.6. The van der Waals surface area contributed by atoms with Gasteiger partial charge in [0.05, 0.1) is 12.6 Å². The molecule has 4 aromatic rings. The van der Waals surface area contributed by atoms with E-state index < -0.39 is 0 Å². The number of carbonyl (C=O) groups is 1. The average Bonchev–Trinajstić information content (AvgIpc) is 3.22. The van der Waals surface area contributed by atoms with Gasteiger partial charge in [-0.3, -0.25) is 9.69 Å². The third-order valence-electron chi connectivity index (χ3n) is 5.37. The van der Waals surface area contributed by atoms with Gasteiger partial charge < -0.3 is 14.5 Å². The van der Waals surface area contributed by atoms with Crippen molar-refractivity contribution in [3.63, 3.8) is 0 Å². The Morgan fingerprint density at radius 1 is 1.10 bits per heavy atom. The smallest absolute Gasteiger partial charge is 0.287 e. The zero-order valence-electron chi connectivity index (χ0n) is 17.9. The lowest BCUT2D eigenvalue weighted by atomic mass is 10.2. The highest BCUT2D eigenvalue weighted by molar-refractivity contribution is 5.98. The van der Waals surface area contributed by atoms with Crippen molar-refractivity contribution < 1.29 is 13.9 Å². The number of carbonyl (C=O) groups excluding carboxylic acids is 1. The van der Waals surface area contributed by atoms with Crippen molar-refractivity contribution in [2.75, 3.05) is 26.7 Å². The van der Waals surface area contributed by atoms with Gasteiger partial charge in [-0.15, -0.1) is 0 Å². The second-order valence-electron chi connectivity index (χ2n) is 7.52. The van der Waals surface area contributed by atoms with Crippen LogP contribution in [0.3, 0.4) is 0 Å². The number of nitrogens with zero attached hydrogens (tertiary/aromatic N) is 2. The molecule has 2 aromatic carbocycles. The van der Waals surface area contributed by atoms with E-state index in [1.165, 1.54) is 5.56 Å². The summed E-state index contributed by atoms with van der Waals surface area (Å²) in [5.41, 5.74) is 2.52. The molecule has 0 atom stereocenters. The molecule has 31 heavy (non-hydrogen) atoms. The zero-order chi connectivity index (χ0) is 21.6. The molecule has 0 saturated heterocycles. The van der Waals surface area contributed by atoms with Crippen molar-refractivity contribution in [1.29, 1.82) is 0 Å². The maximum atomic E-state index is 12.5. The number of furan rings is 1. The number of methoxy groups -OCH3 is 1. The first-order chi connectivity index (χ1) is 15.2. The third kappa shape index (κ3) is 5.03. The summed E-state index contributed by atoms with van der Waals surface area (Å²) in [6.07, 6.45) is 0.870. The van der Waals surface area contributed by atoms with E-state index in [1.54, 1.807) is 13.2 Å². The summed E-state index contributed by atoms with van der Waals surface area (Å²) in [6.45, 7) is 5.55. The van der Waals surface area contributed by atoms with Gasteiger partial charge in [-0.25, -0.2) is 4.98 Å². The lowest BCUT2D eigenvalue weighted by molar-refractivity contribution is 0.0925. The summed E-state index contributed by atoms with van der Waals surface area (Å²) in [5, 5.41) is 4.74. The van der Waals surface area contributed by atoms with Crippen molar-refractivity contribution in [3.05, 3.63) is 72.0 Å². The number of rotatable bonds is 9. The van der Waals surface area contributed by atoms with E-state index in [0.717, 1.165) is 48.1 Å². The molecule has 2 heterocycles. The van der Waals surface area contributed by atoms with Crippen LogP contribution >= 0.6 is 0 Å². The predicted octanol–water partition coefficient (Wildman–Crippen LogP) is 4.63. The number of pyridine rings is 1. The molecule has 0 radical (unpaired) electrons. The SMILES string of the molecule is CCN(CCCNC(=O)c1cc2cc3ccc(OC)cc3nc2o1)Cc1ccccc1. The fraction of sp³-hybridized carbons (Fsp3) is 0.280. The summed E-state index contributed by atoms with van der Waals surface area (Å²) < 4.78 is 11.0. The fourth-order valence-electron chi connectivity index (χ4n) is 3.63. The summed E-state index contributed by atoms with van der Waals surface area (Å²) in [4.78, 5) is 19.4. The Hall–Kier alpha value is -3.38. The average molecular weight is 418 g/mol. The van der Waals surface area contributed by atoms with Gasteiger partial charge in [0.2, 0.25) is 5.71 Å². The number of ether oxygens (including phenoxy) is 1. The summed E-state index contributed by atoms with van der Waals surface area (Å²) in [7, 11) is 1.62. The molecular weight excluding hydrogens is 390 g/mol. The minimum absolute atomic E-state index is 0.217. The number of benzene rings is 2. The molecule has 0 spiro atoms. The van der Waals surface area contributed by atoms with Gasteiger partial charge in [-0.05, 0) is 42.8 Å². The van der Waals surface area contributed by atoms with Crippen LogP contribution in [0.5, 0.6) is 5.75 Å². The Bertz CT molecular complexity index is 1170. The Kier molecular flexibility index (Phi) is 6.48. The topological polar surface area (TPSA) is 67.6 Å². The van der Waals surface area contributed by atoms with E-state index in [2.05, 4.69) is 46.4 Å². The number of aromatic nitrogens is 1. The molecule has 1 N–H and O–H groups in total. The Morgan fingerprint density at radius 3 is 2.71 bits per heavy atom. The van der Waals surface area contributed by atoms with Gasteiger partial charge in [0.15, 0.2) is 5.76 Å². The number of nitrogens with one attached hydrogen (secondary N) is 1. The summed E-state index contributed by atoms with van der Waals surface area (Å²) in [5.74, 6) is 0.796. The van der Waals surface area contributed by atoms with E-state index in [0.29, 0.717) is 12.3 Å². The molecule has 4 rings (SSSR count). The van der Waals surface area contributed by atoms with Crippen LogP contribution in [0.1, 0.15) is 29.5 Å². The highest BCUT2D eigenvalue weighted by Gasteiger charge is 2.14. The molecule has 1 amide bonds. The Morgan fingerprint density at radius 2 is 1.94 bits per heavy atom. The zero-order valence-corrected chi connectivity index (χ0v) is 17.9. The second kappa shape index (κ2) is 9.62. The predicted molar refractivity (Wildman–Crippen MR) is 122 cm³/mol. The molecule has 160 valence electrons. The quantitative estimate of drug-likeness (QED) is 0.402. The lowest BCUT2D eigenvalue weighted by Crippen LogP contribution is -2.29. The molecule has 0 fully saturated rings. The molecule has 0 aliphatic rings. The monoisotopic (exact) mass is 417 g/mol. The molecule has 0 unspecified atom stereocenters. The van der Waals surface area contributed by atoms with Crippen LogP contribution in [0.4, 0.5) is 0 Å². The Balaban J connectivity index is 1.34. The van der Waals surface area contributed by atoms with Gasteiger partial charge in [0.1, 0.15) is 5.75 Å². The number of hydrogen-bond acceptors (Lipinski definition) is 5. The highest BCUT2D eigenvalue weighted by Crippen LogP contribution is 2.25. The first-order valence-corrected chi connectivity index (χ1v) is 10.6. The molecule has 6 nitrogen and oxygen atoms in total. The fourth-order valence-corrected chi connectivity index (χ4v) is 3.63. The molecule has 2 aromatic heterocycles. The third-order valence-corrected chi connectivity index (χ3v) is 5.37. The van der Waals surface area contributed by atoms with Crippen molar-refractivity contribution >= 4 is 27.9 Å². The van der Waals surface area contributed by atoms with Crippen LogP contribution in [0.2, 0.25) is 0 Å². The first kappa shape index (κ1) is 20.9. The summed E-state index contributed by atoms with van der Waals surface area (Å²) in [6, 6.07) is 19.8. The molecule has 0 bridgehead atoms. The van der Waals surface area contributed by atoms with E-state index >= 15 is 0 Å². The van der Waals surface area contributed by atoms with E-state index in [1.807, 2.05) is 30.3 Å². The maximum absolute atomic E-state index is 12.5. The van der Waals surface area contributed by atoms with Gasteiger partial charge >= 0.3 is 0 Å². The van der Waals surface area contributed by atoms with Gasteiger partial charge in [0, 0.05) is 36.5 Å². The van der Waals surface area contributed by atoms with E-state index in [4.69, 9.17) is 9.15 Å². The molecule has 6 heteroatoms. The van der Waals surface area contributed by atoms with Gasteiger partial charge in [-0.2, -0.15) is 0 Å². The van der Waals surface area contributed by atoms with E-state index in [-0.39, 0.29) is 11.7 Å². The van der Waals surface area contributed by atoms with Gasteiger partial charge in [-0.1, -0.05) is 37.3 Å². The number of amides is 1. The van der Waals surface area contributed by atoms with Crippen LogP contribution < -0.4 is 10.1 Å². The van der Waals surface area contributed by atoms with Crippen molar-refractivity contribution in [2.24, 2.45) is 0 Å². The molecular formula is C25H27N3O3. The van der Waals surface area contributed by atoms with E-state index in [9.17, 15) is 4.79 Å². The lowest BCUT2D eigenvalue weighted by Gasteiger charge is -2.20. The molecule has 0 saturated carbocycles. The van der Waals surface area contributed by atoms with Crippen LogP contribution in [-0.2, 0) is 6.54 Å². The number of fused-ring (bicyclic) bond motifs is 2. The normalized spacial score (nSPS) is 11.3. The standard InChI is InChI=1S/C25H27N3O3/c1-3-28(17-18-8-5-4-6-9-18)13-7-12-26-24(29)23-15-20-14-19-10-11-21(30-2)16-22(19)27-25(20)31-23/h4-6,8-11,14-16H,3,7,12-13,17H2,1-2H3,(H,26,29). The maximum Gasteiger partial charge on any atom is 0.287 e. The van der Waals surface area contributed by atoms with Gasteiger partial charge in [0.25, 0.3) is 5.91 Å². The van der Waals surface area contributed by atoms with Crippen LogP contribution in [0, 0.1) is 0 Å². The molecule has 0 aliphatic carbocycles. The Labute approximate surface area is 181 Å². The van der Waals surface area contributed by atoms with Crippen LogP contribution in [0.15, 0.2) is 65.1 Å². The van der Waals surface area contributed by atoms with Crippen molar-refractivity contribution in [3.8, 4) is 5.75 Å². The van der Waals surface area contributed by atoms with Crippen molar-refractivity contribution in [2.45, 2.75) is 19.9 Å². The van der Waals surface area contributed by atoms with Crippen LogP contribution in [-0.4, -0.2) is 42.5 Å². The minimum Gasteiger partial charge on any atom is -0.497 e. The largest absolute Gasteiger partial charge is 0.497 e. The number of hydrogen-bond donors (Lipinski definition) is 1. The molecule has 0 aliphatic heterocycles. The summed E-state index contributed by atoms with van der Waals surface area (Å²) >= 11 is 0. The highest BCUT2D eigenvalue weighted by atomic mass is 16.5.